The largest absolute Gasteiger partial charge is 0.494 e. The zero-order chi connectivity index (χ0) is 17.1. The summed E-state index contributed by atoms with van der Waals surface area (Å²) in [5.41, 5.74) is 20.0. The third kappa shape index (κ3) is 4.93. The second-order valence-electron chi connectivity index (χ2n) is 4.15. The van der Waals surface area contributed by atoms with Crippen molar-refractivity contribution in [1.82, 2.24) is 0 Å². The highest BCUT2D eigenvalue weighted by Gasteiger charge is 2.19. The van der Waals surface area contributed by atoms with Gasteiger partial charge in [0.2, 0.25) is 0 Å². The summed E-state index contributed by atoms with van der Waals surface area (Å²) in [6, 6.07) is 2.65. The van der Waals surface area contributed by atoms with Crippen LogP contribution in [0.2, 0.25) is 0 Å². The van der Waals surface area contributed by atoms with Crippen LogP contribution in [0.25, 0.3) is 0 Å². The molecular formula is C17H26FN3O. The first kappa shape index (κ1) is 19.7. The van der Waals surface area contributed by atoms with Crippen molar-refractivity contribution in [3.8, 4) is 5.75 Å². The summed E-state index contributed by atoms with van der Waals surface area (Å²) in [5, 5.41) is 0. The highest BCUT2D eigenvalue weighted by atomic mass is 19.1. The SMILES string of the molecule is CC.C\C=C/C=C(\C=C\F)C(N)c1c(N)ccc(N)c1OC. The summed E-state index contributed by atoms with van der Waals surface area (Å²) in [6.07, 6.45) is 7.02. The van der Waals surface area contributed by atoms with E-state index in [1.165, 1.54) is 13.2 Å². The fourth-order valence-corrected chi connectivity index (χ4v) is 1.89. The number of allylic oxidation sites excluding steroid dienone is 3. The maximum atomic E-state index is 12.5. The van der Waals surface area contributed by atoms with Gasteiger partial charge < -0.3 is 21.9 Å². The first-order valence-electron chi connectivity index (χ1n) is 7.13. The number of hydrogen-bond donors (Lipinski definition) is 3. The molecule has 1 aromatic rings. The number of nitrogens with two attached hydrogens (primary N) is 3. The lowest BCUT2D eigenvalue weighted by Crippen LogP contribution is -2.16. The molecule has 0 heterocycles. The van der Waals surface area contributed by atoms with E-state index in [9.17, 15) is 4.39 Å². The van der Waals surface area contributed by atoms with Crippen LogP contribution in [0, 0.1) is 0 Å². The van der Waals surface area contributed by atoms with Gasteiger partial charge in [-0.1, -0.05) is 32.1 Å². The molecule has 6 N–H and O–H groups in total. The summed E-state index contributed by atoms with van der Waals surface area (Å²) in [4.78, 5) is 0. The Kier molecular flexibility index (Phi) is 9.38. The molecule has 0 bridgehead atoms. The third-order valence-corrected chi connectivity index (χ3v) is 2.87. The van der Waals surface area contributed by atoms with Gasteiger partial charge in [0.25, 0.3) is 0 Å². The van der Waals surface area contributed by atoms with Gasteiger partial charge in [-0.3, -0.25) is 0 Å². The summed E-state index contributed by atoms with van der Waals surface area (Å²) in [7, 11) is 1.49. The van der Waals surface area contributed by atoms with Crippen molar-refractivity contribution in [3.05, 3.63) is 53.9 Å². The van der Waals surface area contributed by atoms with E-state index in [-0.39, 0.29) is 0 Å². The van der Waals surface area contributed by atoms with Crippen LogP contribution in [0.15, 0.2) is 48.3 Å². The van der Waals surface area contributed by atoms with Crippen LogP contribution in [-0.2, 0) is 0 Å². The van der Waals surface area contributed by atoms with Gasteiger partial charge in [-0.2, -0.15) is 0 Å². The van der Waals surface area contributed by atoms with E-state index in [1.54, 1.807) is 24.3 Å². The molecule has 1 rings (SSSR count). The molecule has 22 heavy (non-hydrogen) atoms. The number of anilines is 2. The van der Waals surface area contributed by atoms with Gasteiger partial charge in [-0.25, -0.2) is 4.39 Å². The average molecular weight is 307 g/mol. The number of ether oxygens (including phenoxy) is 1. The molecule has 0 saturated carbocycles. The second-order valence-corrected chi connectivity index (χ2v) is 4.15. The number of nitrogen functional groups attached to an aromatic ring is 2. The molecule has 0 amide bonds. The summed E-state index contributed by atoms with van der Waals surface area (Å²) in [6.45, 7) is 5.86. The van der Waals surface area contributed by atoms with Crippen molar-refractivity contribution in [3.63, 3.8) is 0 Å². The zero-order valence-electron chi connectivity index (χ0n) is 13.6. The average Bonchev–Trinajstić information content (AvgIpc) is 2.54. The normalized spacial score (nSPS) is 13.1. The molecule has 4 nitrogen and oxygen atoms in total. The third-order valence-electron chi connectivity index (χ3n) is 2.87. The molecule has 0 aliphatic carbocycles. The highest BCUT2D eigenvalue weighted by Crippen LogP contribution is 2.37. The van der Waals surface area contributed by atoms with Crippen molar-refractivity contribution in [1.29, 1.82) is 0 Å². The Morgan fingerprint density at radius 1 is 1.23 bits per heavy atom. The van der Waals surface area contributed by atoms with Crippen LogP contribution < -0.4 is 21.9 Å². The van der Waals surface area contributed by atoms with Crippen LogP contribution in [0.5, 0.6) is 5.75 Å². The van der Waals surface area contributed by atoms with Crippen LogP contribution in [-0.4, -0.2) is 7.11 Å². The lowest BCUT2D eigenvalue weighted by atomic mass is 9.95. The topological polar surface area (TPSA) is 87.3 Å². The molecule has 5 heteroatoms. The van der Waals surface area contributed by atoms with Crippen molar-refractivity contribution in [2.75, 3.05) is 18.6 Å². The highest BCUT2D eigenvalue weighted by molar-refractivity contribution is 5.69. The molecule has 0 aliphatic rings. The Bertz CT molecular complexity index is 551. The zero-order valence-corrected chi connectivity index (χ0v) is 13.6. The van der Waals surface area contributed by atoms with Crippen LogP contribution in [0.4, 0.5) is 15.8 Å². The number of benzene rings is 1. The fraction of sp³-hybridized carbons (Fsp3) is 0.294. The summed E-state index contributed by atoms with van der Waals surface area (Å²) < 4.78 is 17.8. The summed E-state index contributed by atoms with van der Waals surface area (Å²) >= 11 is 0. The van der Waals surface area contributed by atoms with E-state index in [0.29, 0.717) is 34.6 Å². The predicted octanol–water partition coefficient (Wildman–Crippen LogP) is 3.87. The monoisotopic (exact) mass is 307 g/mol. The van der Waals surface area contributed by atoms with E-state index in [2.05, 4.69) is 0 Å². The number of rotatable bonds is 5. The van der Waals surface area contributed by atoms with Gasteiger partial charge in [0, 0.05) is 11.3 Å². The number of methoxy groups -OCH3 is 1. The van der Waals surface area contributed by atoms with Gasteiger partial charge in [-0.15, -0.1) is 0 Å². The molecule has 122 valence electrons. The molecule has 0 spiro atoms. The Labute approximate surface area is 132 Å². The second kappa shape index (κ2) is 10.5. The van der Waals surface area contributed by atoms with Crippen molar-refractivity contribution < 1.29 is 9.13 Å². The Morgan fingerprint density at radius 2 is 1.82 bits per heavy atom. The lowest BCUT2D eigenvalue weighted by Gasteiger charge is -2.20. The minimum Gasteiger partial charge on any atom is -0.494 e. The maximum Gasteiger partial charge on any atom is 0.148 e. The van der Waals surface area contributed by atoms with Crippen LogP contribution in [0.1, 0.15) is 32.4 Å². The molecule has 0 aromatic heterocycles. The van der Waals surface area contributed by atoms with Gasteiger partial charge in [0.05, 0.1) is 25.2 Å². The van der Waals surface area contributed by atoms with E-state index in [4.69, 9.17) is 21.9 Å². The molecule has 0 fully saturated rings. The molecule has 1 unspecified atom stereocenters. The Balaban J connectivity index is 0.00000211. The maximum absolute atomic E-state index is 12.5. The molecule has 0 radical (unpaired) electrons. The molecular weight excluding hydrogens is 281 g/mol. The molecule has 1 aromatic carbocycles. The van der Waals surface area contributed by atoms with E-state index in [1.807, 2.05) is 26.8 Å². The van der Waals surface area contributed by atoms with Crippen molar-refractivity contribution in [2.45, 2.75) is 26.8 Å². The number of hydrogen-bond acceptors (Lipinski definition) is 4. The quantitative estimate of drug-likeness (QED) is 0.569. The van der Waals surface area contributed by atoms with Gasteiger partial charge in [0.15, 0.2) is 0 Å². The molecule has 0 saturated heterocycles. The number of halogens is 1. The fourth-order valence-electron chi connectivity index (χ4n) is 1.89. The molecule has 0 aliphatic heterocycles. The Morgan fingerprint density at radius 3 is 2.32 bits per heavy atom. The minimum atomic E-state index is -0.642. The molecule has 1 atom stereocenters. The van der Waals surface area contributed by atoms with Crippen molar-refractivity contribution >= 4 is 11.4 Å². The standard InChI is InChI=1S/C15H20FN3O.C2H6/c1-3-4-5-10(8-9-16)14(19)13-11(17)6-7-12(18)15(13)20-2;1-2/h3-9,14H,17-19H2,1-2H3;1-2H3/b4-3-,9-8+,10-5+;. The van der Waals surface area contributed by atoms with Gasteiger partial charge >= 0.3 is 0 Å². The minimum absolute atomic E-state index is 0.413. The van der Waals surface area contributed by atoms with E-state index < -0.39 is 6.04 Å². The van der Waals surface area contributed by atoms with Crippen LogP contribution >= 0.6 is 0 Å². The van der Waals surface area contributed by atoms with E-state index in [0.717, 1.165) is 0 Å². The first-order valence-corrected chi connectivity index (χ1v) is 7.13. The smallest absolute Gasteiger partial charge is 0.148 e. The van der Waals surface area contributed by atoms with E-state index >= 15 is 0 Å². The first-order chi connectivity index (χ1) is 10.6. The van der Waals surface area contributed by atoms with Gasteiger partial charge in [0.1, 0.15) is 5.75 Å². The van der Waals surface area contributed by atoms with Gasteiger partial charge in [-0.05, 0) is 30.7 Å². The Hall–Kier alpha value is -2.27. The lowest BCUT2D eigenvalue weighted by molar-refractivity contribution is 0.410. The predicted molar refractivity (Wildman–Crippen MR) is 93.2 cm³/mol. The summed E-state index contributed by atoms with van der Waals surface area (Å²) in [5.74, 6) is 0.413. The van der Waals surface area contributed by atoms with Crippen LogP contribution in [0.3, 0.4) is 0 Å². The van der Waals surface area contributed by atoms with Crippen molar-refractivity contribution in [2.24, 2.45) is 5.73 Å².